The van der Waals surface area contributed by atoms with Gasteiger partial charge in [-0.1, -0.05) is 12.1 Å². The second kappa shape index (κ2) is 6.17. The molecule has 0 spiro atoms. The van der Waals surface area contributed by atoms with Crippen molar-refractivity contribution in [3.05, 3.63) is 45.6 Å². The molecule has 1 aliphatic carbocycles. The van der Waals surface area contributed by atoms with Crippen molar-refractivity contribution in [2.24, 2.45) is 0 Å². The molecule has 2 heterocycles. The highest BCUT2D eigenvalue weighted by Crippen LogP contribution is 2.45. The molecule has 4 rings (SSSR count). The van der Waals surface area contributed by atoms with E-state index in [-0.39, 0.29) is 11.5 Å². The molecular weight excluding hydrogens is 306 g/mol. The van der Waals surface area contributed by atoms with E-state index in [0.717, 1.165) is 31.4 Å². The predicted octanol–water partition coefficient (Wildman–Crippen LogP) is 3.90. The fourth-order valence-corrected chi connectivity index (χ4v) is 5.10. The molecule has 0 bridgehead atoms. The third-order valence-electron chi connectivity index (χ3n) is 5.51. The molecule has 2 atom stereocenters. The monoisotopic (exact) mass is 329 g/mol. The van der Waals surface area contributed by atoms with Gasteiger partial charge in [-0.3, -0.25) is 4.90 Å². The Morgan fingerprint density at radius 2 is 2.09 bits per heavy atom. The molecule has 1 fully saturated rings. The van der Waals surface area contributed by atoms with Gasteiger partial charge in [-0.15, -0.1) is 11.3 Å². The second-order valence-corrected chi connectivity index (χ2v) is 7.75. The Labute approximate surface area is 141 Å². The number of thiophene rings is 1. The van der Waals surface area contributed by atoms with Gasteiger partial charge in [-0.25, -0.2) is 0 Å². The number of phenols is 2. The summed E-state index contributed by atoms with van der Waals surface area (Å²) < 4.78 is 0. The van der Waals surface area contributed by atoms with Gasteiger partial charge < -0.3 is 10.2 Å². The average Bonchev–Trinajstić information content (AvgIpc) is 3.09. The highest BCUT2D eigenvalue weighted by atomic mass is 32.1. The zero-order valence-electron chi connectivity index (χ0n) is 13.2. The summed E-state index contributed by atoms with van der Waals surface area (Å²) in [6, 6.07) is 8.62. The highest BCUT2D eigenvalue weighted by Gasteiger charge is 2.37. The van der Waals surface area contributed by atoms with E-state index in [1.54, 1.807) is 6.07 Å². The lowest BCUT2D eigenvalue weighted by molar-refractivity contribution is 0.113. The molecule has 2 N–H and O–H groups in total. The van der Waals surface area contributed by atoms with Gasteiger partial charge in [0.05, 0.1) is 0 Å². The van der Waals surface area contributed by atoms with Gasteiger partial charge in [0.15, 0.2) is 11.5 Å². The molecule has 0 radical (unpaired) electrons. The lowest BCUT2D eigenvalue weighted by atomic mass is 9.74. The number of phenolic OH excluding ortho intramolecular Hbond substituents is 2. The molecule has 122 valence electrons. The molecule has 4 heteroatoms. The van der Waals surface area contributed by atoms with E-state index in [1.807, 2.05) is 17.4 Å². The summed E-state index contributed by atoms with van der Waals surface area (Å²) in [5.41, 5.74) is 2.24. The van der Waals surface area contributed by atoms with Crippen molar-refractivity contribution < 1.29 is 10.2 Å². The molecule has 1 aliphatic heterocycles. The first-order valence-electron chi connectivity index (χ1n) is 8.54. The number of nitrogens with zero attached hydrogens (tertiary/aromatic N) is 1. The first-order chi connectivity index (χ1) is 11.2. The highest BCUT2D eigenvalue weighted by molar-refractivity contribution is 7.09. The zero-order valence-corrected chi connectivity index (χ0v) is 14.1. The number of benzene rings is 1. The number of likely N-dealkylation sites (tertiary alicyclic amines) is 1. The molecule has 0 amide bonds. The molecule has 1 saturated heterocycles. The van der Waals surface area contributed by atoms with Crippen LogP contribution in [-0.2, 0) is 12.8 Å². The Balaban J connectivity index is 1.54. The number of aromatic hydroxyl groups is 2. The van der Waals surface area contributed by atoms with Crippen molar-refractivity contribution in [2.45, 2.75) is 44.1 Å². The van der Waals surface area contributed by atoms with Gasteiger partial charge in [0.25, 0.3) is 0 Å². The predicted molar refractivity (Wildman–Crippen MR) is 93.5 cm³/mol. The molecule has 0 saturated carbocycles. The van der Waals surface area contributed by atoms with Crippen LogP contribution < -0.4 is 0 Å². The Bertz CT molecular complexity index is 683. The van der Waals surface area contributed by atoms with Crippen LogP contribution in [0.2, 0.25) is 0 Å². The summed E-state index contributed by atoms with van der Waals surface area (Å²) in [5.74, 6) is 0.631. The summed E-state index contributed by atoms with van der Waals surface area (Å²) in [6.45, 7) is 2.31. The molecule has 1 aromatic carbocycles. The second-order valence-electron chi connectivity index (χ2n) is 6.72. The van der Waals surface area contributed by atoms with E-state index in [1.165, 1.54) is 29.8 Å². The zero-order chi connectivity index (χ0) is 15.8. The van der Waals surface area contributed by atoms with Gasteiger partial charge in [-0.05, 0) is 67.6 Å². The lowest BCUT2D eigenvalue weighted by Gasteiger charge is -2.45. The minimum Gasteiger partial charge on any atom is -0.504 e. The first kappa shape index (κ1) is 15.0. The molecule has 1 aromatic heterocycles. The van der Waals surface area contributed by atoms with Gasteiger partial charge in [0.2, 0.25) is 0 Å². The van der Waals surface area contributed by atoms with Gasteiger partial charge in [0, 0.05) is 23.0 Å². The molecule has 2 aliphatic rings. The summed E-state index contributed by atoms with van der Waals surface area (Å²) >= 11 is 1.85. The van der Waals surface area contributed by atoms with Crippen LogP contribution in [0.1, 0.15) is 41.2 Å². The van der Waals surface area contributed by atoms with Gasteiger partial charge >= 0.3 is 0 Å². The number of fused-ring (bicyclic) bond motifs is 3. The van der Waals surface area contributed by atoms with Crippen molar-refractivity contribution in [2.75, 3.05) is 13.1 Å². The van der Waals surface area contributed by atoms with Crippen molar-refractivity contribution >= 4 is 11.3 Å². The van der Waals surface area contributed by atoms with Crippen molar-refractivity contribution in [3.8, 4) is 11.5 Å². The van der Waals surface area contributed by atoms with Crippen molar-refractivity contribution in [1.82, 2.24) is 4.90 Å². The van der Waals surface area contributed by atoms with Crippen LogP contribution in [0.15, 0.2) is 29.6 Å². The normalized spacial score (nSPS) is 24.2. The third-order valence-corrected chi connectivity index (χ3v) is 6.44. The van der Waals surface area contributed by atoms with Crippen LogP contribution in [0.4, 0.5) is 0 Å². The number of piperidine rings is 1. The SMILES string of the molecule is Oc1ccc2c(c1O)CCC1C2CCCN1CCc1cccs1. The number of hydrogen-bond acceptors (Lipinski definition) is 4. The molecule has 3 nitrogen and oxygen atoms in total. The number of hydrogen-bond donors (Lipinski definition) is 2. The fraction of sp³-hybridized carbons (Fsp3) is 0.474. The average molecular weight is 329 g/mol. The summed E-state index contributed by atoms with van der Waals surface area (Å²) in [5, 5.41) is 22.1. The largest absolute Gasteiger partial charge is 0.504 e. The maximum Gasteiger partial charge on any atom is 0.160 e. The van der Waals surface area contributed by atoms with E-state index in [0.29, 0.717) is 12.0 Å². The Hall–Kier alpha value is -1.52. The fourth-order valence-electron chi connectivity index (χ4n) is 4.40. The van der Waals surface area contributed by atoms with E-state index in [9.17, 15) is 10.2 Å². The summed E-state index contributed by atoms with van der Waals surface area (Å²) in [7, 11) is 0. The topological polar surface area (TPSA) is 43.7 Å². The van der Waals surface area contributed by atoms with Crippen LogP contribution in [-0.4, -0.2) is 34.2 Å². The first-order valence-corrected chi connectivity index (χ1v) is 9.42. The van der Waals surface area contributed by atoms with Crippen LogP contribution in [0.3, 0.4) is 0 Å². The Morgan fingerprint density at radius 3 is 2.91 bits per heavy atom. The summed E-state index contributed by atoms with van der Waals surface area (Å²) in [6.07, 6.45) is 5.49. The minimum atomic E-state index is 0.0209. The van der Waals surface area contributed by atoms with E-state index in [2.05, 4.69) is 22.4 Å². The van der Waals surface area contributed by atoms with Crippen molar-refractivity contribution in [3.63, 3.8) is 0 Å². The molecule has 2 aromatic rings. The van der Waals surface area contributed by atoms with E-state index in [4.69, 9.17) is 0 Å². The van der Waals surface area contributed by atoms with Crippen molar-refractivity contribution in [1.29, 1.82) is 0 Å². The smallest absolute Gasteiger partial charge is 0.160 e. The van der Waals surface area contributed by atoms with Crippen LogP contribution >= 0.6 is 11.3 Å². The Morgan fingerprint density at radius 1 is 1.17 bits per heavy atom. The minimum absolute atomic E-state index is 0.0209. The standard InChI is InChI=1S/C19H23NO2S/c21-18-8-6-14-15-4-1-10-20(11-9-13-3-2-12-23-13)17(15)7-5-16(14)19(18)22/h2-3,6,8,12,15,17,21-22H,1,4-5,7,9-11H2. The maximum atomic E-state index is 10.2. The van der Waals surface area contributed by atoms with Crippen LogP contribution in [0, 0.1) is 0 Å². The summed E-state index contributed by atoms with van der Waals surface area (Å²) in [4.78, 5) is 4.12. The van der Waals surface area contributed by atoms with Crippen LogP contribution in [0.5, 0.6) is 11.5 Å². The number of rotatable bonds is 3. The molecular formula is C19H23NO2S. The van der Waals surface area contributed by atoms with E-state index < -0.39 is 0 Å². The Kier molecular flexibility index (Phi) is 4.04. The third kappa shape index (κ3) is 2.74. The molecule has 2 unspecified atom stereocenters. The lowest BCUT2D eigenvalue weighted by Crippen LogP contribution is -2.47. The quantitative estimate of drug-likeness (QED) is 0.840. The molecule has 23 heavy (non-hydrogen) atoms. The maximum absolute atomic E-state index is 10.2. The van der Waals surface area contributed by atoms with Gasteiger partial charge in [-0.2, -0.15) is 0 Å². The van der Waals surface area contributed by atoms with Crippen LogP contribution in [0.25, 0.3) is 0 Å². The van der Waals surface area contributed by atoms with E-state index >= 15 is 0 Å². The van der Waals surface area contributed by atoms with Gasteiger partial charge in [0.1, 0.15) is 0 Å².